The predicted octanol–water partition coefficient (Wildman–Crippen LogP) is 4.70. The van der Waals surface area contributed by atoms with Crippen molar-refractivity contribution in [1.82, 2.24) is 14.3 Å². The van der Waals surface area contributed by atoms with Gasteiger partial charge in [-0.15, -0.1) is 0 Å². The highest BCUT2D eigenvalue weighted by Crippen LogP contribution is 2.26. The highest BCUT2D eigenvalue weighted by molar-refractivity contribution is 7.89. The maximum atomic E-state index is 12.6. The molecule has 0 aliphatic rings. The lowest BCUT2D eigenvalue weighted by Crippen LogP contribution is -2.28. The number of hydrogen-bond acceptors (Lipinski definition) is 4. The summed E-state index contributed by atoms with van der Waals surface area (Å²) in [5.41, 5.74) is 1.85. The number of aryl methyl sites for hydroxylation is 1. The number of halogens is 1. The third kappa shape index (κ3) is 4.55. The molecule has 0 bridgehead atoms. The molecule has 1 heterocycles. The first-order valence-electron chi connectivity index (χ1n) is 8.88. The third-order valence-corrected chi connectivity index (χ3v) is 6.10. The molecule has 0 spiro atoms. The standard InChI is InChI=1S/C20H22ClN3O3S/c1-4-24-19(13-22-20(24)27-17-9-5-14(2)6-10-17)15(3)23-28(25,26)18-11-7-16(21)8-12-18/h5-13,15,23H,4H2,1-3H3. The van der Waals surface area contributed by atoms with Crippen LogP contribution in [0.2, 0.25) is 5.02 Å². The molecule has 0 fully saturated rings. The van der Waals surface area contributed by atoms with E-state index in [0.717, 1.165) is 5.56 Å². The fourth-order valence-electron chi connectivity index (χ4n) is 2.80. The molecule has 28 heavy (non-hydrogen) atoms. The maximum absolute atomic E-state index is 12.6. The summed E-state index contributed by atoms with van der Waals surface area (Å²) in [7, 11) is -3.69. The zero-order valence-corrected chi connectivity index (χ0v) is 17.5. The topological polar surface area (TPSA) is 73.2 Å². The van der Waals surface area contributed by atoms with Gasteiger partial charge in [0.2, 0.25) is 10.0 Å². The number of nitrogens with zero attached hydrogens (tertiary/aromatic N) is 2. The van der Waals surface area contributed by atoms with E-state index in [1.807, 2.05) is 42.7 Å². The van der Waals surface area contributed by atoms with E-state index in [1.54, 1.807) is 25.3 Å². The monoisotopic (exact) mass is 419 g/mol. The van der Waals surface area contributed by atoms with Gasteiger partial charge >= 0.3 is 6.01 Å². The van der Waals surface area contributed by atoms with Crippen LogP contribution in [0.15, 0.2) is 59.6 Å². The molecule has 6 nitrogen and oxygen atoms in total. The first-order valence-corrected chi connectivity index (χ1v) is 10.7. The fraction of sp³-hybridized carbons (Fsp3) is 0.250. The van der Waals surface area contributed by atoms with Gasteiger partial charge in [0.1, 0.15) is 5.75 Å². The van der Waals surface area contributed by atoms with Gasteiger partial charge in [-0.05, 0) is 57.2 Å². The Morgan fingerprint density at radius 2 is 1.79 bits per heavy atom. The summed E-state index contributed by atoms with van der Waals surface area (Å²) in [4.78, 5) is 4.48. The van der Waals surface area contributed by atoms with Crippen molar-refractivity contribution in [2.45, 2.75) is 38.3 Å². The van der Waals surface area contributed by atoms with E-state index in [4.69, 9.17) is 16.3 Å². The van der Waals surface area contributed by atoms with Gasteiger partial charge in [0.15, 0.2) is 0 Å². The lowest BCUT2D eigenvalue weighted by Gasteiger charge is -2.17. The average molecular weight is 420 g/mol. The Morgan fingerprint density at radius 1 is 1.14 bits per heavy atom. The van der Waals surface area contributed by atoms with E-state index in [9.17, 15) is 8.42 Å². The van der Waals surface area contributed by atoms with Gasteiger partial charge in [-0.25, -0.2) is 18.1 Å². The minimum Gasteiger partial charge on any atom is -0.426 e. The third-order valence-electron chi connectivity index (χ3n) is 4.30. The lowest BCUT2D eigenvalue weighted by molar-refractivity contribution is 0.408. The molecule has 1 N–H and O–H groups in total. The van der Waals surface area contributed by atoms with Gasteiger partial charge in [0, 0.05) is 11.6 Å². The second-order valence-corrected chi connectivity index (χ2v) is 8.57. The van der Waals surface area contributed by atoms with Crippen molar-refractivity contribution in [2.24, 2.45) is 0 Å². The number of ether oxygens (including phenoxy) is 1. The summed E-state index contributed by atoms with van der Waals surface area (Å²) in [6, 6.07) is 13.6. The molecular weight excluding hydrogens is 398 g/mol. The zero-order valence-electron chi connectivity index (χ0n) is 15.9. The molecule has 3 rings (SSSR count). The second kappa shape index (κ2) is 8.34. The van der Waals surface area contributed by atoms with Crippen LogP contribution in [-0.2, 0) is 16.6 Å². The van der Waals surface area contributed by atoms with Crippen LogP contribution < -0.4 is 9.46 Å². The SMILES string of the molecule is CCn1c(C(C)NS(=O)(=O)c2ccc(Cl)cc2)cnc1Oc1ccc(C)cc1. The van der Waals surface area contributed by atoms with E-state index in [1.165, 1.54) is 12.1 Å². The largest absolute Gasteiger partial charge is 0.426 e. The molecule has 0 amide bonds. The molecule has 2 aromatic carbocycles. The second-order valence-electron chi connectivity index (χ2n) is 6.42. The number of hydrogen-bond donors (Lipinski definition) is 1. The summed E-state index contributed by atoms with van der Waals surface area (Å²) in [5, 5.41) is 0.481. The predicted molar refractivity (Wildman–Crippen MR) is 109 cm³/mol. The van der Waals surface area contributed by atoms with Crippen LogP contribution in [0.4, 0.5) is 0 Å². The van der Waals surface area contributed by atoms with Crippen molar-refractivity contribution in [3.63, 3.8) is 0 Å². The molecule has 0 saturated carbocycles. The van der Waals surface area contributed by atoms with Gasteiger partial charge in [0.05, 0.1) is 22.8 Å². The maximum Gasteiger partial charge on any atom is 0.302 e. The van der Waals surface area contributed by atoms with Crippen LogP contribution in [0.1, 0.15) is 31.1 Å². The Labute approximate surface area is 170 Å². The molecule has 148 valence electrons. The molecule has 0 radical (unpaired) electrons. The van der Waals surface area contributed by atoms with Crippen LogP contribution in [0.25, 0.3) is 0 Å². The van der Waals surface area contributed by atoms with Gasteiger partial charge in [0.25, 0.3) is 0 Å². The fourth-order valence-corrected chi connectivity index (χ4v) is 4.15. The number of benzene rings is 2. The van der Waals surface area contributed by atoms with Gasteiger partial charge in [-0.2, -0.15) is 0 Å². The molecular formula is C20H22ClN3O3S. The van der Waals surface area contributed by atoms with Crippen LogP contribution in [0, 0.1) is 6.92 Å². The van der Waals surface area contributed by atoms with Gasteiger partial charge in [-0.1, -0.05) is 29.3 Å². The van der Waals surface area contributed by atoms with Crippen molar-refractivity contribution < 1.29 is 13.2 Å². The lowest BCUT2D eigenvalue weighted by atomic mass is 10.2. The molecule has 1 aromatic heterocycles. The van der Waals surface area contributed by atoms with Crippen molar-refractivity contribution >= 4 is 21.6 Å². The van der Waals surface area contributed by atoms with Crippen LogP contribution in [0.5, 0.6) is 11.8 Å². The molecule has 0 aliphatic heterocycles. The summed E-state index contributed by atoms with van der Waals surface area (Å²) >= 11 is 5.84. The molecule has 1 atom stereocenters. The van der Waals surface area contributed by atoms with E-state index >= 15 is 0 Å². The Bertz CT molecular complexity index is 1050. The van der Waals surface area contributed by atoms with Crippen LogP contribution in [-0.4, -0.2) is 18.0 Å². The van der Waals surface area contributed by atoms with E-state index in [0.29, 0.717) is 29.0 Å². The van der Waals surface area contributed by atoms with E-state index < -0.39 is 16.1 Å². The number of rotatable bonds is 7. The summed E-state index contributed by atoms with van der Waals surface area (Å²) in [6.07, 6.45) is 1.63. The summed E-state index contributed by atoms with van der Waals surface area (Å²) < 4.78 is 35.7. The van der Waals surface area contributed by atoms with Gasteiger partial charge in [-0.3, -0.25) is 4.57 Å². The van der Waals surface area contributed by atoms with Crippen LogP contribution in [0.3, 0.4) is 0 Å². The molecule has 0 saturated heterocycles. The molecule has 1 unspecified atom stereocenters. The first-order chi connectivity index (χ1) is 13.3. The van der Waals surface area contributed by atoms with E-state index in [2.05, 4.69) is 9.71 Å². The minimum absolute atomic E-state index is 0.155. The smallest absolute Gasteiger partial charge is 0.302 e. The highest BCUT2D eigenvalue weighted by Gasteiger charge is 2.22. The summed E-state index contributed by atoms with van der Waals surface area (Å²) in [5.74, 6) is 0.673. The molecule has 8 heteroatoms. The first kappa shape index (κ1) is 20.4. The van der Waals surface area contributed by atoms with Gasteiger partial charge < -0.3 is 4.74 Å². The quantitative estimate of drug-likeness (QED) is 0.602. The van der Waals surface area contributed by atoms with Crippen molar-refractivity contribution in [3.05, 3.63) is 71.0 Å². The minimum atomic E-state index is -3.69. The Hall–Kier alpha value is -2.35. The normalized spacial score (nSPS) is 12.7. The molecule has 3 aromatic rings. The number of aromatic nitrogens is 2. The van der Waals surface area contributed by atoms with Crippen molar-refractivity contribution in [2.75, 3.05) is 0 Å². The van der Waals surface area contributed by atoms with Crippen LogP contribution >= 0.6 is 11.6 Å². The highest BCUT2D eigenvalue weighted by atomic mass is 35.5. The Balaban J connectivity index is 1.81. The molecule has 0 aliphatic carbocycles. The Kier molecular flexibility index (Phi) is 6.07. The number of nitrogens with one attached hydrogen (secondary N) is 1. The van der Waals surface area contributed by atoms with Crippen molar-refractivity contribution in [1.29, 1.82) is 0 Å². The zero-order chi connectivity index (χ0) is 20.3. The number of imidazole rings is 1. The Morgan fingerprint density at radius 3 is 2.39 bits per heavy atom. The summed E-state index contributed by atoms with van der Waals surface area (Å²) in [6.45, 7) is 6.31. The van der Waals surface area contributed by atoms with E-state index in [-0.39, 0.29) is 4.90 Å². The number of sulfonamides is 1. The average Bonchev–Trinajstić information content (AvgIpc) is 3.06. The van der Waals surface area contributed by atoms with Crippen molar-refractivity contribution in [3.8, 4) is 11.8 Å².